The average molecular weight is 585 g/mol. The molecule has 1 atom stereocenters. The second kappa shape index (κ2) is 9.88. The van der Waals surface area contributed by atoms with Gasteiger partial charge in [0.1, 0.15) is 23.3 Å². The lowest BCUT2D eigenvalue weighted by molar-refractivity contribution is -0.0989. The molecule has 44 heavy (non-hydrogen) atoms. The predicted octanol–water partition coefficient (Wildman–Crippen LogP) is 4.99. The van der Waals surface area contributed by atoms with E-state index in [1.54, 1.807) is 23.9 Å². The molecular weight excluding hydrogens is 552 g/mol. The molecule has 5 aromatic rings. The van der Waals surface area contributed by atoms with Gasteiger partial charge in [-0.2, -0.15) is 10.5 Å². The van der Waals surface area contributed by atoms with E-state index in [2.05, 4.69) is 64.1 Å². The predicted molar refractivity (Wildman–Crippen MR) is 167 cm³/mol. The molecule has 3 saturated carbocycles. The Balaban J connectivity index is 1.39. The fraction of sp³-hybridized carbons (Fsp3) is 0.364. The Morgan fingerprint density at radius 2 is 1.84 bits per heavy atom. The van der Waals surface area contributed by atoms with Gasteiger partial charge in [0.25, 0.3) is 5.56 Å². The molecule has 3 aromatic heterocycles. The molecule has 0 saturated heterocycles. The maximum absolute atomic E-state index is 13.1. The molecule has 11 nitrogen and oxygen atoms in total. The van der Waals surface area contributed by atoms with E-state index < -0.39 is 6.04 Å². The zero-order valence-corrected chi connectivity index (χ0v) is 25.1. The Morgan fingerprint density at radius 1 is 1.05 bits per heavy atom. The Hall–Kier alpha value is -5.29. The fourth-order valence-electron chi connectivity index (χ4n) is 6.47. The first kappa shape index (κ1) is 27.5. The average Bonchev–Trinajstić information content (AvgIpc) is 3.43. The van der Waals surface area contributed by atoms with Gasteiger partial charge in [-0.05, 0) is 65.8 Å². The van der Waals surface area contributed by atoms with Crippen LogP contribution < -0.4 is 16.2 Å². The Labute approximate surface area is 254 Å². The topological polar surface area (TPSA) is 150 Å². The summed E-state index contributed by atoms with van der Waals surface area (Å²) >= 11 is 0. The number of benzene rings is 2. The van der Waals surface area contributed by atoms with E-state index >= 15 is 0 Å². The van der Waals surface area contributed by atoms with E-state index in [0.717, 1.165) is 36.1 Å². The molecule has 0 aliphatic heterocycles. The molecule has 0 radical (unpaired) electrons. The van der Waals surface area contributed by atoms with Crippen molar-refractivity contribution in [1.29, 1.82) is 10.5 Å². The zero-order valence-electron chi connectivity index (χ0n) is 25.1. The van der Waals surface area contributed by atoms with Crippen LogP contribution in [0.4, 0.5) is 11.4 Å². The Kier molecular flexibility index (Phi) is 6.19. The number of hydrogen-bond donors (Lipinski definition) is 2. The minimum absolute atomic E-state index is 0.0616. The molecule has 2 aromatic carbocycles. The molecular formula is C33H32N10O. The molecule has 3 aliphatic carbocycles. The van der Waals surface area contributed by atoms with Crippen LogP contribution in [0.15, 0.2) is 53.6 Å². The van der Waals surface area contributed by atoms with Crippen LogP contribution in [0.1, 0.15) is 68.6 Å². The minimum Gasteiger partial charge on any atom is -0.382 e. The van der Waals surface area contributed by atoms with Gasteiger partial charge >= 0.3 is 0 Å². The van der Waals surface area contributed by atoms with Crippen LogP contribution in [-0.4, -0.2) is 36.3 Å². The van der Waals surface area contributed by atoms with Crippen molar-refractivity contribution in [1.82, 2.24) is 29.8 Å². The summed E-state index contributed by atoms with van der Waals surface area (Å²) < 4.78 is 3.57. The summed E-state index contributed by atoms with van der Waals surface area (Å²) in [6, 6.07) is 15.2. The Bertz CT molecular complexity index is 2090. The second-order valence-corrected chi connectivity index (χ2v) is 13.4. The standard InChI is InChI=1S/C33H32N10O/c1-32(2,3)18-36-29-25-11-21(10-20(15-34)28(25)40-38-26(29)16-35)37-30(27-17-43(41-39-27)33-12-19(13-33)14-33)23-6-5-7-24-22(23)8-9-42(4)31(24)44/h5-11,17,19,30,37H,12-14,18H2,1-4H3,(H,36,40)/t19?,30-,33?/m0/s1. The van der Waals surface area contributed by atoms with E-state index in [0.29, 0.717) is 45.5 Å². The smallest absolute Gasteiger partial charge is 0.258 e. The molecule has 3 aliphatic rings. The van der Waals surface area contributed by atoms with Gasteiger partial charge in [-0.1, -0.05) is 38.1 Å². The highest BCUT2D eigenvalue weighted by atomic mass is 16.1. The molecule has 2 bridgehead atoms. The van der Waals surface area contributed by atoms with Crippen LogP contribution in [0.3, 0.4) is 0 Å². The molecule has 2 N–H and O–H groups in total. The van der Waals surface area contributed by atoms with E-state index in [4.69, 9.17) is 0 Å². The second-order valence-electron chi connectivity index (χ2n) is 13.4. The first-order valence-electron chi connectivity index (χ1n) is 14.8. The third-order valence-electron chi connectivity index (χ3n) is 8.96. The highest BCUT2D eigenvalue weighted by molar-refractivity contribution is 5.98. The van der Waals surface area contributed by atoms with Crippen LogP contribution in [0.5, 0.6) is 0 Å². The number of rotatable bonds is 7. The van der Waals surface area contributed by atoms with Gasteiger partial charge in [-0.3, -0.25) is 4.79 Å². The summed E-state index contributed by atoms with van der Waals surface area (Å²) in [6.45, 7) is 6.87. The van der Waals surface area contributed by atoms with Crippen molar-refractivity contribution >= 4 is 33.1 Å². The van der Waals surface area contributed by atoms with Crippen LogP contribution >= 0.6 is 0 Å². The first-order valence-corrected chi connectivity index (χ1v) is 14.8. The highest BCUT2D eigenvalue weighted by Crippen LogP contribution is 2.62. The fourth-order valence-corrected chi connectivity index (χ4v) is 6.47. The largest absolute Gasteiger partial charge is 0.382 e. The van der Waals surface area contributed by atoms with Gasteiger partial charge in [0.2, 0.25) is 0 Å². The van der Waals surface area contributed by atoms with Gasteiger partial charge < -0.3 is 15.2 Å². The molecule has 3 fully saturated rings. The number of nitrogens with zero attached hydrogens (tertiary/aromatic N) is 8. The van der Waals surface area contributed by atoms with Crippen molar-refractivity contribution in [2.75, 3.05) is 17.2 Å². The van der Waals surface area contributed by atoms with Crippen LogP contribution in [0.25, 0.3) is 21.7 Å². The number of anilines is 2. The summed E-state index contributed by atoms with van der Waals surface area (Å²) in [6.07, 6.45) is 7.15. The number of aryl methyl sites for hydroxylation is 1. The van der Waals surface area contributed by atoms with Crippen LogP contribution in [0.2, 0.25) is 0 Å². The van der Waals surface area contributed by atoms with Crippen molar-refractivity contribution in [3.8, 4) is 12.1 Å². The normalized spacial score (nSPS) is 19.5. The lowest BCUT2D eigenvalue weighted by Crippen LogP contribution is -2.59. The molecule has 8 rings (SSSR count). The first-order chi connectivity index (χ1) is 21.1. The summed E-state index contributed by atoms with van der Waals surface area (Å²) in [4.78, 5) is 13.1. The lowest BCUT2D eigenvalue weighted by atomic mass is 9.50. The van der Waals surface area contributed by atoms with Crippen molar-refractivity contribution in [3.63, 3.8) is 0 Å². The van der Waals surface area contributed by atoms with Gasteiger partial charge in [0, 0.05) is 36.2 Å². The van der Waals surface area contributed by atoms with Gasteiger partial charge in [0.15, 0.2) is 5.69 Å². The van der Waals surface area contributed by atoms with E-state index in [-0.39, 0.29) is 22.2 Å². The molecule has 0 unspecified atom stereocenters. The maximum Gasteiger partial charge on any atom is 0.258 e. The van der Waals surface area contributed by atoms with Gasteiger partial charge in [-0.15, -0.1) is 15.3 Å². The van der Waals surface area contributed by atoms with Crippen molar-refractivity contribution < 1.29 is 0 Å². The highest BCUT2D eigenvalue weighted by Gasteiger charge is 2.59. The number of pyridine rings is 1. The number of hydrogen-bond acceptors (Lipinski definition) is 9. The van der Waals surface area contributed by atoms with E-state index in [1.807, 2.05) is 41.2 Å². The van der Waals surface area contributed by atoms with E-state index in [9.17, 15) is 15.3 Å². The molecule has 0 amide bonds. The van der Waals surface area contributed by atoms with Crippen LogP contribution in [0, 0.1) is 34.0 Å². The molecule has 3 heterocycles. The zero-order chi connectivity index (χ0) is 30.8. The van der Waals surface area contributed by atoms with Crippen molar-refractivity contribution in [3.05, 3.63) is 81.7 Å². The number of nitrogens with one attached hydrogen (secondary N) is 2. The SMILES string of the molecule is Cn1ccc2c([C@H](Nc3cc(C#N)c4nnc(C#N)c(NCC(C)(C)C)c4c3)c3cn(C45CC(C4)C5)nn3)cccc2c1=O. The van der Waals surface area contributed by atoms with Gasteiger partial charge in [0.05, 0.1) is 29.0 Å². The quantitative estimate of drug-likeness (QED) is 0.270. The Morgan fingerprint density at radius 3 is 2.52 bits per heavy atom. The molecule has 220 valence electrons. The number of fused-ring (bicyclic) bond motifs is 2. The third-order valence-corrected chi connectivity index (χ3v) is 8.96. The molecule has 11 heteroatoms. The summed E-state index contributed by atoms with van der Waals surface area (Å²) in [7, 11) is 1.74. The lowest BCUT2D eigenvalue weighted by Gasteiger charge is -2.61. The van der Waals surface area contributed by atoms with Gasteiger partial charge in [-0.25, -0.2) is 4.68 Å². The number of nitriles is 2. The monoisotopic (exact) mass is 584 g/mol. The maximum atomic E-state index is 13.1. The third kappa shape index (κ3) is 4.44. The summed E-state index contributed by atoms with van der Waals surface area (Å²) in [5.74, 6) is 0.787. The summed E-state index contributed by atoms with van der Waals surface area (Å²) in [5, 5.41) is 46.6. The molecule has 0 spiro atoms. The van der Waals surface area contributed by atoms with Crippen molar-refractivity contribution in [2.45, 2.75) is 51.6 Å². The summed E-state index contributed by atoms with van der Waals surface area (Å²) in [5.41, 5.74) is 3.53. The minimum atomic E-state index is -0.493. The van der Waals surface area contributed by atoms with Crippen LogP contribution in [-0.2, 0) is 12.6 Å². The number of aromatic nitrogens is 6. The van der Waals surface area contributed by atoms with E-state index in [1.165, 1.54) is 0 Å². The van der Waals surface area contributed by atoms with Crippen molar-refractivity contribution in [2.24, 2.45) is 18.4 Å².